The van der Waals surface area contributed by atoms with E-state index >= 15 is 0 Å². The molecule has 1 N–H and O–H groups in total. The third-order valence-corrected chi connectivity index (χ3v) is 4.48. The molecule has 3 rings (SSSR count). The molecule has 1 aliphatic rings. The van der Waals surface area contributed by atoms with Crippen LogP contribution in [0.5, 0.6) is 0 Å². The standard InChI is InChI=1S/C19H22N2O2/c1-14-11-12-16(18(22)20-14)19(23)21-13-7-3-6-10-17(21)15-8-4-2-5-9-15/h2,4-5,8-9,11-12,17H,3,6-7,10,13H2,1H3,(H,20,22)/t17-/m0/s1. The molecule has 120 valence electrons. The van der Waals surface area contributed by atoms with Crippen molar-refractivity contribution in [2.24, 2.45) is 0 Å². The van der Waals surface area contributed by atoms with Gasteiger partial charge in [0.1, 0.15) is 5.56 Å². The van der Waals surface area contributed by atoms with Crippen molar-refractivity contribution < 1.29 is 4.79 Å². The number of nitrogens with zero attached hydrogens (tertiary/aromatic N) is 1. The highest BCUT2D eigenvalue weighted by atomic mass is 16.2. The van der Waals surface area contributed by atoms with Crippen LogP contribution in [0.1, 0.15) is 53.3 Å². The van der Waals surface area contributed by atoms with Crippen molar-refractivity contribution in [2.75, 3.05) is 6.54 Å². The molecule has 23 heavy (non-hydrogen) atoms. The molecule has 1 amide bonds. The molecule has 1 aliphatic heterocycles. The van der Waals surface area contributed by atoms with Gasteiger partial charge in [-0.25, -0.2) is 0 Å². The Labute approximate surface area is 136 Å². The van der Waals surface area contributed by atoms with Gasteiger partial charge in [-0.3, -0.25) is 9.59 Å². The summed E-state index contributed by atoms with van der Waals surface area (Å²) < 4.78 is 0. The number of H-pyrrole nitrogens is 1. The minimum atomic E-state index is -0.300. The highest BCUT2D eigenvalue weighted by Gasteiger charge is 2.28. The van der Waals surface area contributed by atoms with Gasteiger partial charge in [-0.1, -0.05) is 43.2 Å². The van der Waals surface area contributed by atoms with E-state index in [-0.39, 0.29) is 23.1 Å². The maximum absolute atomic E-state index is 13.0. The second-order valence-corrected chi connectivity index (χ2v) is 6.16. The average molecular weight is 310 g/mol. The van der Waals surface area contributed by atoms with Crippen molar-refractivity contribution in [1.29, 1.82) is 0 Å². The Bertz CT molecular complexity index is 737. The van der Waals surface area contributed by atoms with Crippen LogP contribution in [-0.2, 0) is 0 Å². The van der Waals surface area contributed by atoms with E-state index in [2.05, 4.69) is 17.1 Å². The van der Waals surface area contributed by atoms with E-state index in [4.69, 9.17) is 0 Å². The molecule has 0 saturated carbocycles. The van der Waals surface area contributed by atoms with Gasteiger partial charge >= 0.3 is 0 Å². The van der Waals surface area contributed by atoms with Gasteiger partial charge in [-0.2, -0.15) is 0 Å². The summed E-state index contributed by atoms with van der Waals surface area (Å²) in [6, 6.07) is 13.6. The lowest BCUT2D eigenvalue weighted by molar-refractivity contribution is 0.0679. The minimum Gasteiger partial charge on any atom is -0.331 e. The number of aromatic amines is 1. The molecule has 1 atom stereocenters. The number of aromatic nitrogens is 1. The van der Waals surface area contributed by atoms with Gasteiger partial charge in [0.2, 0.25) is 0 Å². The van der Waals surface area contributed by atoms with Crippen LogP contribution < -0.4 is 5.56 Å². The number of hydrogen-bond donors (Lipinski definition) is 1. The number of likely N-dealkylation sites (tertiary alicyclic amines) is 1. The molecule has 2 aromatic rings. The van der Waals surface area contributed by atoms with E-state index in [1.165, 1.54) is 0 Å². The number of nitrogens with one attached hydrogen (secondary N) is 1. The van der Waals surface area contributed by atoms with Gasteiger partial charge in [0.05, 0.1) is 6.04 Å². The zero-order valence-corrected chi connectivity index (χ0v) is 13.4. The summed E-state index contributed by atoms with van der Waals surface area (Å²) in [5.74, 6) is -0.165. The fourth-order valence-corrected chi connectivity index (χ4v) is 3.27. The number of pyridine rings is 1. The number of benzene rings is 1. The number of carbonyl (C=O) groups excluding carboxylic acids is 1. The SMILES string of the molecule is Cc1ccc(C(=O)N2CCCCC[C@H]2c2ccccc2)c(=O)[nH]1. The molecule has 0 aliphatic carbocycles. The van der Waals surface area contributed by atoms with Crippen LogP contribution in [0.3, 0.4) is 0 Å². The third kappa shape index (κ3) is 3.36. The third-order valence-electron chi connectivity index (χ3n) is 4.48. The Morgan fingerprint density at radius 2 is 1.87 bits per heavy atom. The first-order chi connectivity index (χ1) is 11.2. The predicted molar refractivity (Wildman–Crippen MR) is 90.5 cm³/mol. The minimum absolute atomic E-state index is 0.0481. The average Bonchev–Trinajstić information content (AvgIpc) is 2.81. The van der Waals surface area contributed by atoms with Gasteiger partial charge in [0.25, 0.3) is 11.5 Å². The van der Waals surface area contributed by atoms with Crippen LogP contribution in [0.2, 0.25) is 0 Å². The molecular formula is C19H22N2O2. The number of aryl methyl sites for hydroxylation is 1. The molecule has 4 heteroatoms. The zero-order chi connectivity index (χ0) is 16.2. The summed E-state index contributed by atoms with van der Waals surface area (Å²) in [6.45, 7) is 2.51. The molecule has 2 heterocycles. The van der Waals surface area contributed by atoms with Crippen LogP contribution >= 0.6 is 0 Å². The van der Waals surface area contributed by atoms with Crippen molar-refractivity contribution >= 4 is 5.91 Å². The van der Waals surface area contributed by atoms with E-state index in [9.17, 15) is 9.59 Å². The first kappa shape index (κ1) is 15.5. The normalized spacial score (nSPS) is 18.5. The highest BCUT2D eigenvalue weighted by molar-refractivity contribution is 5.94. The Hall–Kier alpha value is -2.36. The summed E-state index contributed by atoms with van der Waals surface area (Å²) >= 11 is 0. The molecule has 0 radical (unpaired) electrons. The second kappa shape index (κ2) is 6.82. The lowest BCUT2D eigenvalue weighted by atomic mass is 10.0. The second-order valence-electron chi connectivity index (χ2n) is 6.16. The van der Waals surface area contributed by atoms with Gasteiger partial charge in [0, 0.05) is 12.2 Å². The van der Waals surface area contributed by atoms with E-state index in [1.54, 1.807) is 12.1 Å². The molecule has 1 aromatic heterocycles. The monoisotopic (exact) mass is 310 g/mol. The maximum Gasteiger partial charge on any atom is 0.260 e. The summed E-state index contributed by atoms with van der Waals surface area (Å²) in [7, 11) is 0. The number of amides is 1. The summed E-state index contributed by atoms with van der Waals surface area (Å²) in [5, 5.41) is 0. The Balaban J connectivity index is 1.96. The largest absolute Gasteiger partial charge is 0.331 e. The zero-order valence-electron chi connectivity index (χ0n) is 13.4. The lowest BCUT2D eigenvalue weighted by Crippen LogP contribution is -2.37. The van der Waals surface area contributed by atoms with E-state index < -0.39 is 0 Å². The molecule has 4 nitrogen and oxygen atoms in total. The molecule has 0 bridgehead atoms. The molecular weight excluding hydrogens is 288 g/mol. The van der Waals surface area contributed by atoms with Crippen LogP contribution in [0, 0.1) is 6.92 Å². The first-order valence-electron chi connectivity index (χ1n) is 8.22. The first-order valence-corrected chi connectivity index (χ1v) is 8.22. The van der Waals surface area contributed by atoms with E-state index in [1.807, 2.05) is 30.0 Å². The fourth-order valence-electron chi connectivity index (χ4n) is 3.27. The van der Waals surface area contributed by atoms with Crippen molar-refractivity contribution in [3.8, 4) is 0 Å². The van der Waals surface area contributed by atoms with Crippen molar-refractivity contribution in [3.05, 3.63) is 69.6 Å². The van der Waals surface area contributed by atoms with Crippen molar-refractivity contribution in [2.45, 2.75) is 38.6 Å². The number of rotatable bonds is 2. The predicted octanol–water partition coefficient (Wildman–Crippen LogP) is 3.44. The van der Waals surface area contributed by atoms with E-state index in [0.29, 0.717) is 6.54 Å². The summed E-state index contributed by atoms with van der Waals surface area (Å²) in [4.78, 5) is 29.7. The van der Waals surface area contributed by atoms with Crippen LogP contribution in [0.4, 0.5) is 0 Å². The fraction of sp³-hybridized carbons (Fsp3) is 0.368. The summed E-state index contributed by atoms with van der Waals surface area (Å²) in [6.07, 6.45) is 4.16. The Morgan fingerprint density at radius 3 is 2.61 bits per heavy atom. The smallest absolute Gasteiger partial charge is 0.260 e. The molecule has 1 fully saturated rings. The van der Waals surface area contributed by atoms with Gasteiger partial charge in [0.15, 0.2) is 0 Å². The quantitative estimate of drug-likeness (QED) is 0.924. The highest BCUT2D eigenvalue weighted by Crippen LogP contribution is 2.30. The number of carbonyl (C=O) groups is 1. The van der Waals surface area contributed by atoms with E-state index in [0.717, 1.165) is 36.9 Å². The van der Waals surface area contributed by atoms with Crippen molar-refractivity contribution in [3.63, 3.8) is 0 Å². The Kier molecular flexibility index (Phi) is 4.60. The lowest BCUT2D eigenvalue weighted by Gasteiger charge is -2.30. The molecule has 0 unspecified atom stereocenters. The number of hydrogen-bond acceptors (Lipinski definition) is 2. The molecule has 0 spiro atoms. The summed E-state index contributed by atoms with van der Waals surface area (Å²) in [5.41, 5.74) is 1.85. The maximum atomic E-state index is 13.0. The van der Waals surface area contributed by atoms with Crippen LogP contribution in [-0.4, -0.2) is 22.3 Å². The van der Waals surface area contributed by atoms with Crippen LogP contribution in [0.15, 0.2) is 47.3 Å². The van der Waals surface area contributed by atoms with Gasteiger partial charge in [-0.15, -0.1) is 0 Å². The molecule has 1 saturated heterocycles. The van der Waals surface area contributed by atoms with Gasteiger partial charge in [-0.05, 0) is 37.5 Å². The molecule has 1 aromatic carbocycles. The van der Waals surface area contributed by atoms with Crippen LogP contribution in [0.25, 0.3) is 0 Å². The van der Waals surface area contributed by atoms with Gasteiger partial charge < -0.3 is 9.88 Å². The van der Waals surface area contributed by atoms with Crippen molar-refractivity contribution in [1.82, 2.24) is 9.88 Å². The Morgan fingerprint density at radius 1 is 1.09 bits per heavy atom. The topological polar surface area (TPSA) is 53.2 Å².